The minimum atomic E-state index is -3.70. The third-order valence-corrected chi connectivity index (χ3v) is 4.94. The molecule has 0 aromatic heterocycles. The van der Waals surface area contributed by atoms with Gasteiger partial charge in [-0.25, -0.2) is 8.42 Å². The van der Waals surface area contributed by atoms with Crippen LogP contribution >= 0.6 is 0 Å². The fraction of sp³-hybridized carbons (Fsp3) is 0.417. The molecule has 0 amide bonds. The van der Waals surface area contributed by atoms with Gasteiger partial charge < -0.3 is 5.11 Å². The minimum absolute atomic E-state index is 0.173. The molecule has 5 nitrogen and oxygen atoms in total. The van der Waals surface area contributed by atoms with Gasteiger partial charge in [-0.15, -0.1) is 0 Å². The molecule has 1 aromatic rings. The van der Waals surface area contributed by atoms with Crippen LogP contribution in [0.4, 0.5) is 0 Å². The highest BCUT2D eigenvalue weighted by Crippen LogP contribution is 2.25. The summed E-state index contributed by atoms with van der Waals surface area (Å²) in [7, 11) is -2.43. The SMILES string of the molecule is CN(CC(=O)O)S(=O)(=O)c1ccc2c(c1)CCC2. The summed E-state index contributed by atoms with van der Waals surface area (Å²) in [6, 6.07) is 5.04. The van der Waals surface area contributed by atoms with E-state index in [0.717, 1.165) is 29.1 Å². The van der Waals surface area contributed by atoms with E-state index >= 15 is 0 Å². The first-order valence-corrected chi connectivity index (χ1v) is 7.15. The monoisotopic (exact) mass is 269 g/mol. The summed E-state index contributed by atoms with van der Waals surface area (Å²) in [5.41, 5.74) is 2.25. The number of aryl methyl sites for hydroxylation is 2. The van der Waals surface area contributed by atoms with Gasteiger partial charge in [0.05, 0.1) is 4.90 Å². The molecule has 18 heavy (non-hydrogen) atoms. The van der Waals surface area contributed by atoms with Crippen molar-refractivity contribution in [3.63, 3.8) is 0 Å². The number of carbonyl (C=O) groups is 1. The lowest BCUT2D eigenvalue weighted by molar-refractivity contribution is -0.137. The van der Waals surface area contributed by atoms with Crippen LogP contribution in [0.3, 0.4) is 0 Å². The van der Waals surface area contributed by atoms with Gasteiger partial charge in [-0.1, -0.05) is 6.07 Å². The number of carboxylic acid groups (broad SMARTS) is 1. The Balaban J connectivity index is 2.33. The van der Waals surface area contributed by atoms with Crippen molar-refractivity contribution in [2.45, 2.75) is 24.2 Å². The highest BCUT2D eigenvalue weighted by molar-refractivity contribution is 7.89. The molecule has 0 saturated heterocycles. The molecule has 0 spiro atoms. The summed E-state index contributed by atoms with van der Waals surface area (Å²) < 4.78 is 25.1. The molecule has 0 heterocycles. The molecule has 0 aliphatic heterocycles. The number of hydrogen-bond acceptors (Lipinski definition) is 3. The van der Waals surface area contributed by atoms with Gasteiger partial charge in [0, 0.05) is 7.05 Å². The molecule has 1 aliphatic rings. The second-order valence-corrected chi connectivity index (χ2v) is 6.48. The average molecular weight is 269 g/mol. The summed E-state index contributed by atoms with van der Waals surface area (Å²) in [4.78, 5) is 10.7. The van der Waals surface area contributed by atoms with Gasteiger partial charge in [0.1, 0.15) is 6.54 Å². The average Bonchev–Trinajstić information content (AvgIpc) is 2.74. The third-order valence-electron chi connectivity index (χ3n) is 3.14. The number of rotatable bonds is 4. The Hall–Kier alpha value is -1.40. The predicted octanol–water partition coefficient (Wildman–Crippen LogP) is 0.880. The lowest BCUT2D eigenvalue weighted by Gasteiger charge is -2.15. The summed E-state index contributed by atoms with van der Waals surface area (Å²) >= 11 is 0. The summed E-state index contributed by atoms with van der Waals surface area (Å²) in [6.07, 6.45) is 2.92. The standard InChI is InChI=1S/C12H15NO4S/c1-13(8-12(14)15)18(16,17)11-6-5-9-3-2-4-10(9)7-11/h5-7H,2-4,8H2,1H3,(H,14,15). The Labute approximate surface area is 106 Å². The van der Waals surface area contributed by atoms with Crippen LogP contribution in [0.1, 0.15) is 17.5 Å². The number of carboxylic acids is 1. The molecule has 1 aromatic carbocycles. The van der Waals surface area contributed by atoms with Crippen molar-refractivity contribution in [2.75, 3.05) is 13.6 Å². The molecule has 98 valence electrons. The maximum absolute atomic E-state index is 12.1. The van der Waals surface area contributed by atoms with Crippen LogP contribution in [0.2, 0.25) is 0 Å². The van der Waals surface area contributed by atoms with Crippen LogP contribution in [0.25, 0.3) is 0 Å². The quantitative estimate of drug-likeness (QED) is 0.880. The second-order valence-electron chi connectivity index (χ2n) is 4.44. The first kappa shape index (κ1) is 13.0. The fourth-order valence-electron chi connectivity index (χ4n) is 2.16. The van der Waals surface area contributed by atoms with E-state index in [1.165, 1.54) is 12.6 Å². The third kappa shape index (κ3) is 2.39. The maximum atomic E-state index is 12.1. The van der Waals surface area contributed by atoms with Gasteiger partial charge >= 0.3 is 5.97 Å². The molecule has 6 heteroatoms. The van der Waals surface area contributed by atoms with Gasteiger partial charge in [-0.2, -0.15) is 4.31 Å². The van der Waals surface area contributed by atoms with E-state index in [2.05, 4.69) is 0 Å². The fourth-order valence-corrected chi connectivity index (χ4v) is 3.34. The van der Waals surface area contributed by atoms with E-state index in [0.29, 0.717) is 0 Å². The van der Waals surface area contributed by atoms with Crippen molar-refractivity contribution >= 4 is 16.0 Å². The maximum Gasteiger partial charge on any atom is 0.318 e. The zero-order valence-electron chi connectivity index (χ0n) is 10.1. The van der Waals surface area contributed by atoms with Crippen LogP contribution in [0.15, 0.2) is 23.1 Å². The number of hydrogen-bond donors (Lipinski definition) is 1. The summed E-state index contributed by atoms with van der Waals surface area (Å²) in [6.45, 7) is -0.528. The first-order chi connectivity index (χ1) is 8.41. The lowest BCUT2D eigenvalue weighted by atomic mass is 10.1. The van der Waals surface area contributed by atoms with E-state index in [1.54, 1.807) is 12.1 Å². The molecule has 0 atom stereocenters. The topological polar surface area (TPSA) is 74.7 Å². The lowest BCUT2D eigenvalue weighted by Crippen LogP contribution is -2.32. The minimum Gasteiger partial charge on any atom is -0.480 e. The zero-order valence-corrected chi connectivity index (χ0v) is 10.9. The van der Waals surface area contributed by atoms with Crippen molar-refractivity contribution in [1.29, 1.82) is 0 Å². The molecular weight excluding hydrogens is 254 g/mol. The molecule has 1 N–H and O–H groups in total. The molecule has 0 saturated carbocycles. The second kappa shape index (κ2) is 4.70. The molecule has 0 radical (unpaired) electrons. The number of aliphatic carboxylic acids is 1. The highest BCUT2D eigenvalue weighted by atomic mass is 32.2. The van der Waals surface area contributed by atoms with Crippen molar-refractivity contribution < 1.29 is 18.3 Å². The number of likely N-dealkylation sites (N-methyl/N-ethyl adjacent to an activating group) is 1. The van der Waals surface area contributed by atoms with E-state index in [9.17, 15) is 13.2 Å². The van der Waals surface area contributed by atoms with Gasteiger partial charge in [0.2, 0.25) is 10.0 Å². The van der Waals surface area contributed by atoms with Gasteiger partial charge in [-0.05, 0) is 42.5 Å². The molecule has 0 unspecified atom stereocenters. The Kier molecular flexibility index (Phi) is 3.41. The van der Waals surface area contributed by atoms with Crippen LogP contribution < -0.4 is 0 Å². The van der Waals surface area contributed by atoms with Crippen LogP contribution in [-0.2, 0) is 27.7 Å². The number of nitrogens with zero attached hydrogens (tertiary/aromatic N) is 1. The summed E-state index contributed by atoms with van der Waals surface area (Å²) in [5.74, 6) is -1.16. The van der Waals surface area contributed by atoms with Crippen LogP contribution in [0.5, 0.6) is 0 Å². The zero-order chi connectivity index (χ0) is 13.3. The Morgan fingerprint density at radius 3 is 2.67 bits per heavy atom. The predicted molar refractivity (Wildman–Crippen MR) is 65.9 cm³/mol. The van der Waals surface area contributed by atoms with Crippen molar-refractivity contribution in [2.24, 2.45) is 0 Å². The molecule has 0 bridgehead atoms. The van der Waals surface area contributed by atoms with Gasteiger partial charge in [0.15, 0.2) is 0 Å². The number of sulfonamides is 1. The Bertz CT molecular complexity index is 580. The van der Waals surface area contributed by atoms with Crippen LogP contribution in [0, 0.1) is 0 Å². The van der Waals surface area contributed by atoms with E-state index in [4.69, 9.17) is 5.11 Å². The highest BCUT2D eigenvalue weighted by Gasteiger charge is 2.24. The first-order valence-electron chi connectivity index (χ1n) is 5.71. The van der Waals surface area contributed by atoms with E-state index < -0.39 is 22.5 Å². The molecule has 1 aliphatic carbocycles. The van der Waals surface area contributed by atoms with Gasteiger partial charge in [-0.3, -0.25) is 4.79 Å². The Morgan fingerprint density at radius 2 is 2.00 bits per heavy atom. The molecular formula is C12H15NO4S. The van der Waals surface area contributed by atoms with E-state index in [-0.39, 0.29) is 4.90 Å². The molecule has 0 fully saturated rings. The van der Waals surface area contributed by atoms with Crippen molar-refractivity contribution in [1.82, 2.24) is 4.31 Å². The summed E-state index contributed by atoms with van der Waals surface area (Å²) in [5, 5.41) is 8.64. The normalized spacial score (nSPS) is 14.8. The van der Waals surface area contributed by atoms with Gasteiger partial charge in [0.25, 0.3) is 0 Å². The van der Waals surface area contributed by atoms with Crippen LogP contribution in [-0.4, -0.2) is 37.4 Å². The number of benzene rings is 1. The number of fused-ring (bicyclic) bond motifs is 1. The van der Waals surface area contributed by atoms with Crippen molar-refractivity contribution in [3.8, 4) is 0 Å². The van der Waals surface area contributed by atoms with E-state index in [1.807, 2.05) is 6.07 Å². The molecule has 2 rings (SSSR count). The smallest absolute Gasteiger partial charge is 0.318 e. The van der Waals surface area contributed by atoms with Crippen molar-refractivity contribution in [3.05, 3.63) is 29.3 Å². The largest absolute Gasteiger partial charge is 0.480 e. The Morgan fingerprint density at radius 1 is 1.33 bits per heavy atom.